The number of nitrogens with zero attached hydrogens (tertiary/aromatic N) is 2. The second-order valence-corrected chi connectivity index (χ2v) is 5.04. The maximum Gasteiger partial charge on any atom is 0.127 e. The van der Waals surface area contributed by atoms with Gasteiger partial charge in [-0.3, -0.25) is 0 Å². The topological polar surface area (TPSA) is 53.1 Å². The molecule has 0 atom stereocenters. The van der Waals surface area contributed by atoms with Gasteiger partial charge in [-0.2, -0.15) is 0 Å². The first-order chi connectivity index (χ1) is 8.45. The van der Waals surface area contributed by atoms with Gasteiger partial charge in [-0.05, 0) is 20.3 Å². The summed E-state index contributed by atoms with van der Waals surface area (Å²) >= 11 is 0. The third kappa shape index (κ3) is 3.27. The number of nitrogens with two attached hydrogens (primary N) is 1. The highest BCUT2D eigenvalue weighted by Gasteiger charge is 2.23. The molecule has 0 radical (unpaired) electrons. The zero-order chi connectivity index (χ0) is 13.8. The second kappa shape index (κ2) is 5.92. The highest BCUT2D eigenvalue weighted by atomic mass is 16.5. The fourth-order valence-corrected chi connectivity index (χ4v) is 1.86. The van der Waals surface area contributed by atoms with Crippen LogP contribution in [0.3, 0.4) is 0 Å². The molecule has 0 unspecified atom stereocenters. The van der Waals surface area contributed by atoms with E-state index in [0.29, 0.717) is 18.8 Å². The summed E-state index contributed by atoms with van der Waals surface area (Å²) in [5.74, 6) is 4.26. The highest BCUT2D eigenvalue weighted by Crippen LogP contribution is 2.22. The van der Waals surface area contributed by atoms with Crippen molar-refractivity contribution in [3.63, 3.8) is 0 Å². The van der Waals surface area contributed by atoms with E-state index in [4.69, 9.17) is 16.9 Å². The Morgan fingerprint density at radius 1 is 1.50 bits per heavy atom. The number of anilines is 1. The smallest absolute Gasteiger partial charge is 0.127 e. The molecule has 4 heteroatoms. The summed E-state index contributed by atoms with van der Waals surface area (Å²) < 4.78 is 7.34. The minimum atomic E-state index is -0.271. The molecule has 0 saturated carbocycles. The molecule has 0 amide bonds. The predicted molar refractivity (Wildman–Crippen MR) is 74.3 cm³/mol. The lowest BCUT2D eigenvalue weighted by atomic mass is 10.0. The fraction of sp³-hybridized carbons (Fsp3) is 0.643. The van der Waals surface area contributed by atoms with Crippen molar-refractivity contribution in [2.24, 2.45) is 0 Å². The Balaban J connectivity index is 3.07. The summed E-state index contributed by atoms with van der Waals surface area (Å²) in [6.07, 6.45) is 7.97. The minimum Gasteiger partial charge on any atom is -0.384 e. The van der Waals surface area contributed by atoms with Crippen molar-refractivity contribution in [3.05, 3.63) is 11.5 Å². The largest absolute Gasteiger partial charge is 0.384 e. The fourth-order valence-electron chi connectivity index (χ4n) is 1.86. The standard InChI is InChI=1S/C14H23N3O/c1-6-8-12-16-11(10-14(3,4)18-5)13(15)17(12)9-7-2/h2H,6,8-10,15H2,1,3-5H3. The monoisotopic (exact) mass is 249 g/mol. The van der Waals surface area contributed by atoms with Crippen LogP contribution in [0.25, 0.3) is 0 Å². The van der Waals surface area contributed by atoms with Crippen LogP contribution in [0, 0.1) is 12.3 Å². The van der Waals surface area contributed by atoms with E-state index >= 15 is 0 Å². The van der Waals surface area contributed by atoms with Crippen LogP contribution in [0.1, 0.15) is 38.7 Å². The Kier molecular flexibility index (Phi) is 4.80. The van der Waals surface area contributed by atoms with Crippen molar-refractivity contribution in [3.8, 4) is 12.3 Å². The number of aromatic nitrogens is 2. The van der Waals surface area contributed by atoms with Gasteiger partial charge in [0.1, 0.15) is 11.6 Å². The molecule has 1 aromatic rings. The summed E-state index contributed by atoms with van der Waals surface area (Å²) in [5, 5.41) is 0. The molecule has 0 aliphatic rings. The van der Waals surface area contributed by atoms with Gasteiger partial charge in [-0.25, -0.2) is 4.98 Å². The van der Waals surface area contributed by atoms with Gasteiger partial charge >= 0.3 is 0 Å². The lowest BCUT2D eigenvalue weighted by molar-refractivity contribution is 0.0226. The Hall–Kier alpha value is -1.47. The van der Waals surface area contributed by atoms with Gasteiger partial charge in [0.15, 0.2) is 0 Å². The van der Waals surface area contributed by atoms with Crippen molar-refractivity contribution < 1.29 is 4.74 Å². The molecule has 1 rings (SSSR count). The minimum absolute atomic E-state index is 0.271. The predicted octanol–water partition coefficient (Wildman–Crippen LogP) is 2.02. The van der Waals surface area contributed by atoms with Crippen LogP contribution in [-0.4, -0.2) is 22.3 Å². The van der Waals surface area contributed by atoms with E-state index < -0.39 is 0 Å². The average molecular weight is 249 g/mol. The number of nitrogen functional groups attached to an aromatic ring is 1. The third-order valence-corrected chi connectivity index (χ3v) is 3.03. The number of hydrogen-bond donors (Lipinski definition) is 1. The molecule has 0 saturated heterocycles. The summed E-state index contributed by atoms with van der Waals surface area (Å²) in [7, 11) is 1.70. The molecule has 4 nitrogen and oxygen atoms in total. The van der Waals surface area contributed by atoms with E-state index in [-0.39, 0.29) is 5.60 Å². The summed E-state index contributed by atoms with van der Waals surface area (Å²) in [6.45, 7) is 6.63. The molecule has 0 aliphatic carbocycles. The van der Waals surface area contributed by atoms with Gasteiger partial charge in [0.05, 0.1) is 17.8 Å². The Labute approximate surface area is 110 Å². The van der Waals surface area contributed by atoms with Gasteiger partial charge in [0.2, 0.25) is 0 Å². The molecule has 2 N–H and O–H groups in total. The summed E-state index contributed by atoms with van der Waals surface area (Å²) in [5.41, 5.74) is 6.74. The van der Waals surface area contributed by atoms with Gasteiger partial charge < -0.3 is 15.0 Å². The van der Waals surface area contributed by atoms with Gasteiger partial charge in [-0.15, -0.1) is 6.42 Å². The van der Waals surface area contributed by atoms with Crippen molar-refractivity contribution in [2.75, 3.05) is 12.8 Å². The van der Waals surface area contributed by atoms with E-state index in [1.54, 1.807) is 7.11 Å². The average Bonchev–Trinajstić information content (AvgIpc) is 2.58. The van der Waals surface area contributed by atoms with Gasteiger partial charge in [0.25, 0.3) is 0 Å². The van der Waals surface area contributed by atoms with Crippen LogP contribution in [-0.2, 0) is 24.1 Å². The SMILES string of the molecule is C#CCn1c(CCC)nc(CC(C)(C)OC)c1N. The zero-order valence-corrected chi connectivity index (χ0v) is 11.8. The molecule has 0 aromatic carbocycles. The Morgan fingerprint density at radius 3 is 2.67 bits per heavy atom. The van der Waals surface area contributed by atoms with Crippen LogP contribution in [0.2, 0.25) is 0 Å². The normalized spacial score (nSPS) is 11.5. The van der Waals surface area contributed by atoms with Crippen LogP contribution in [0.4, 0.5) is 5.82 Å². The number of hydrogen-bond acceptors (Lipinski definition) is 3. The molecular weight excluding hydrogens is 226 g/mol. The third-order valence-electron chi connectivity index (χ3n) is 3.03. The van der Waals surface area contributed by atoms with E-state index in [9.17, 15) is 0 Å². The van der Waals surface area contributed by atoms with Gasteiger partial charge in [0, 0.05) is 20.0 Å². The molecule has 1 heterocycles. The molecule has 0 bridgehead atoms. The quantitative estimate of drug-likeness (QED) is 0.785. The maximum atomic E-state index is 6.13. The first-order valence-corrected chi connectivity index (χ1v) is 6.27. The molecule has 0 spiro atoms. The van der Waals surface area contributed by atoms with E-state index in [1.807, 2.05) is 18.4 Å². The molecule has 0 aliphatic heterocycles. The number of aryl methyl sites for hydroxylation is 1. The Morgan fingerprint density at radius 2 is 2.17 bits per heavy atom. The molecule has 100 valence electrons. The molecule has 0 fully saturated rings. The van der Waals surface area contributed by atoms with E-state index in [0.717, 1.165) is 24.4 Å². The van der Waals surface area contributed by atoms with Crippen molar-refractivity contribution in [1.29, 1.82) is 0 Å². The van der Waals surface area contributed by atoms with Crippen LogP contribution in [0.5, 0.6) is 0 Å². The molecule has 18 heavy (non-hydrogen) atoms. The van der Waals surface area contributed by atoms with E-state index in [1.165, 1.54) is 0 Å². The van der Waals surface area contributed by atoms with Crippen LogP contribution < -0.4 is 5.73 Å². The van der Waals surface area contributed by atoms with Crippen molar-refractivity contribution in [1.82, 2.24) is 9.55 Å². The first kappa shape index (κ1) is 14.6. The number of terminal acetylenes is 1. The van der Waals surface area contributed by atoms with Crippen LogP contribution in [0.15, 0.2) is 0 Å². The maximum absolute atomic E-state index is 6.13. The lowest BCUT2D eigenvalue weighted by Crippen LogP contribution is -2.26. The number of ether oxygens (including phenoxy) is 1. The lowest BCUT2D eigenvalue weighted by Gasteiger charge is -2.21. The van der Waals surface area contributed by atoms with E-state index in [2.05, 4.69) is 17.8 Å². The van der Waals surface area contributed by atoms with Gasteiger partial charge in [-0.1, -0.05) is 12.8 Å². The second-order valence-electron chi connectivity index (χ2n) is 5.04. The summed E-state index contributed by atoms with van der Waals surface area (Å²) in [4.78, 5) is 4.61. The number of rotatable bonds is 6. The molecule has 1 aromatic heterocycles. The number of imidazole rings is 1. The first-order valence-electron chi connectivity index (χ1n) is 6.27. The highest BCUT2D eigenvalue weighted by molar-refractivity contribution is 5.39. The zero-order valence-electron chi connectivity index (χ0n) is 11.8. The van der Waals surface area contributed by atoms with Crippen molar-refractivity contribution >= 4 is 5.82 Å². The Bertz CT molecular complexity index is 441. The van der Waals surface area contributed by atoms with Crippen LogP contribution >= 0.6 is 0 Å². The van der Waals surface area contributed by atoms with Crippen molar-refractivity contribution in [2.45, 2.75) is 52.2 Å². The summed E-state index contributed by atoms with van der Waals surface area (Å²) in [6, 6.07) is 0. The molecular formula is C14H23N3O. The number of methoxy groups -OCH3 is 1.